The fraction of sp³-hybridized carbons (Fsp3) is 0.0714. The van der Waals surface area contributed by atoms with Crippen molar-refractivity contribution in [3.8, 4) is 0 Å². The van der Waals surface area contributed by atoms with E-state index in [2.05, 4.69) is 10.6 Å². The third kappa shape index (κ3) is 3.85. The van der Waals surface area contributed by atoms with Gasteiger partial charge in [0.2, 0.25) is 0 Å². The maximum absolute atomic E-state index is 13.8. The molecule has 6 N–H and O–H groups in total. The van der Waals surface area contributed by atoms with Crippen LogP contribution in [0.15, 0.2) is 84.9 Å². The fourth-order valence-corrected chi connectivity index (χ4v) is 4.21. The lowest BCUT2D eigenvalue weighted by molar-refractivity contribution is 0.0980. The SMILES string of the molecule is NCc1ccc(Nc2cccc3c2C(=O)c2c(Nc4ccc(CN)cc4)cccc2C3=O)cc1. The van der Waals surface area contributed by atoms with Gasteiger partial charge in [-0.1, -0.05) is 48.5 Å². The van der Waals surface area contributed by atoms with Gasteiger partial charge in [0.25, 0.3) is 0 Å². The van der Waals surface area contributed by atoms with Crippen LogP contribution in [0.4, 0.5) is 22.7 Å². The molecular formula is C28H24N4O2. The van der Waals surface area contributed by atoms with Crippen LogP contribution in [-0.2, 0) is 13.1 Å². The number of hydrogen-bond donors (Lipinski definition) is 4. The summed E-state index contributed by atoms with van der Waals surface area (Å²) >= 11 is 0. The first kappa shape index (κ1) is 21.6. The number of carbonyl (C=O) groups is 2. The first-order valence-electron chi connectivity index (χ1n) is 11.1. The van der Waals surface area contributed by atoms with Gasteiger partial charge in [0.15, 0.2) is 11.6 Å². The Morgan fingerprint density at radius 1 is 0.529 bits per heavy atom. The highest BCUT2D eigenvalue weighted by atomic mass is 16.1. The zero-order valence-electron chi connectivity index (χ0n) is 18.5. The van der Waals surface area contributed by atoms with Crippen molar-refractivity contribution >= 4 is 34.3 Å². The summed E-state index contributed by atoms with van der Waals surface area (Å²) in [5.74, 6) is -0.373. The molecule has 0 aromatic heterocycles. The molecule has 1 aliphatic rings. The number of hydrogen-bond acceptors (Lipinski definition) is 6. The lowest BCUT2D eigenvalue weighted by Crippen LogP contribution is -2.23. The van der Waals surface area contributed by atoms with Gasteiger partial charge in [-0.15, -0.1) is 0 Å². The number of ketones is 2. The van der Waals surface area contributed by atoms with Crippen molar-refractivity contribution in [1.29, 1.82) is 0 Å². The number of fused-ring (bicyclic) bond motifs is 2. The van der Waals surface area contributed by atoms with E-state index < -0.39 is 0 Å². The number of anilines is 4. The molecule has 0 radical (unpaired) electrons. The highest BCUT2D eigenvalue weighted by molar-refractivity contribution is 6.32. The van der Waals surface area contributed by atoms with Crippen LogP contribution >= 0.6 is 0 Å². The average molecular weight is 449 g/mol. The van der Waals surface area contributed by atoms with Gasteiger partial charge in [-0.25, -0.2) is 0 Å². The highest BCUT2D eigenvalue weighted by Gasteiger charge is 2.33. The quantitative estimate of drug-likeness (QED) is 0.295. The van der Waals surface area contributed by atoms with Crippen molar-refractivity contribution < 1.29 is 9.59 Å². The van der Waals surface area contributed by atoms with E-state index in [1.165, 1.54) is 0 Å². The topological polar surface area (TPSA) is 110 Å². The molecule has 1 aliphatic carbocycles. The van der Waals surface area contributed by atoms with Gasteiger partial charge in [-0.2, -0.15) is 0 Å². The predicted molar refractivity (Wildman–Crippen MR) is 135 cm³/mol. The van der Waals surface area contributed by atoms with E-state index in [1.54, 1.807) is 24.3 Å². The second-order valence-electron chi connectivity index (χ2n) is 8.17. The minimum absolute atomic E-state index is 0.172. The summed E-state index contributed by atoms with van der Waals surface area (Å²) in [5.41, 5.74) is 17.7. The third-order valence-corrected chi connectivity index (χ3v) is 6.01. The molecule has 4 aromatic carbocycles. The minimum atomic E-state index is -0.201. The number of benzene rings is 4. The van der Waals surface area contributed by atoms with Crippen molar-refractivity contribution in [3.63, 3.8) is 0 Å². The largest absolute Gasteiger partial charge is 0.355 e. The van der Waals surface area contributed by atoms with Gasteiger partial charge in [0, 0.05) is 35.6 Å². The molecule has 34 heavy (non-hydrogen) atoms. The molecule has 0 spiro atoms. The second-order valence-corrected chi connectivity index (χ2v) is 8.17. The molecule has 168 valence electrons. The third-order valence-electron chi connectivity index (χ3n) is 6.01. The fourth-order valence-electron chi connectivity index (χ4n) is 4.21. The molecule has 4 aromatic rings. The lowest BCUT2D eigenvalue weighted by atomic mass is 9.82. The van der Waals surface area contributed by atoms with Crippen LogP contribution < -0.4 is 22.1 Å². The monoisotopic (exact) mass is 448 g/mol. The van der Waals surface area contributed by atoms with Crippen LogP contribution in [0.1, 0.15) is 43.0 Å². The van der Waals surface area contributed by atoms with Crippen molar-refractivity contribution in [2.24, 2.45) is 11.5 Å². The molecule has 6 heteroatoms. The summed E-state index contributed by atoms with van der Waals surface area (Å²) in [6.07, 6.45) is 0. The Bertz CT molecular complexity index is 1290. The number of rotatable bonds is 6. The molecule has 0 unspecified atom stereocenters. The smallest absolute Gasteiger partial charge is 0.198 e. The van der Waals surface area contributed by atoms with Crippen LogP contribution in [0, 0.1) is 0 Å². The Morgan fingerprint density at radius 2 is 0.941 bits per heavy atom. The first-order chi connectivity index (χ1) is 16.6. The molecule has 0 saturated carbocycles. The lowest BCUT2D eigenvalue weighted by Gasteiger charge is -2.23. The van der Waals surface area contributed by atoms with E-state index in [9.17, 15) is 9.59 Å². The molecule has 0 heterocycles. The number of nitrogens with one attached hydrogen (secondary N) is 2. The van der Waals surface area contributed by atoms with Gasteiger partial charge < -0.3 is 22.1 Å². The molecule has 0 aliphatic heterocycles. The van der Waals surface area contributed by atoms with E-state index in [-0.39, 0.29) is 11.6 Å². The van der Waals surface area contributed by atoms with Crippen molar-refractivity contribution in [3.05, 3.63) is 118 Å². The van der Waals surface area contributed by atoms with Crippen molar-refractivity contribution in [1.82, 2.24) is 0 Å². The summed E-state index contributed by atoms with van der Waals surface area (Å²) in [6, 6.07) is 25.9. The Kier molecular flexibility index (Phi) is 5.67. The summed E-state index contributed by atoms with van der Waals surface area (Å²) in [4.78, 5) is 27.2. The first-order valence-corrected chi connectivity index (χ1v) is 11.1. The average Bonchev–Trinajstić information content (AvgIpc) is 2.88. The van der Waals surface area contributed by atoms with Crippen LogP contribution in [0.5, 0.6) is 0 Å². The van der Waals surface area contributed by atoms with Gasteiger partial charge >= 0.3 is 0 Å². The van der Waals surface area contributed by atoms with Crippen LogP contribution in [-0.4, -0.2) is 11.6 Å². The molecule has 0 bridgehead atoms. The minimum Gasteiger partial charge on any atom is -0.355 e. The van der Waals surface area contributed by atoms with Gasteiger partial charge in [-0.3, -0.25) is 9.59 Å². The second kappa shape index (κ2) is 8.94. The summed E-state index contributed by atoms with van der Waals surface area (Å²) in [5, 5.41) is 6.60. The van der Waals surface area contributed by atoms with Crippen LogP contribution in [0.2, 0.25) is 0 Å². The predicted octanol–water partition coefficient (Wildman–Crippen LogP) is 4.87. The molecule has 5 rings (SSSR count). The molecule has 6 nitrogen and oxygen atoms in total. The Labute approximate surface area is 197 Å². The summed E-state index contributed by atoms with van der Waals surface area (Å²) < 4.78 is 0. The number of carbonyl (C=O) groups excluding carboxylic acids is 2. The van der Waals surface area contributed by atoms with E-state index in [4.69, 9.17) is 11.5 Å². The molecule has 0 atom stereocenters. The summed E-state index contributed by atoms with van der Waals surface area (Å²) in [6.45, 7) is 0.908. The molecular weight excluding hydrogens is 424 g/mol. The van der Waals surface area contributed by atoms with E-state index in [0.717, 1.165) is 22.5 Å². The molecule has 0 amide bonds. The molecule has 0 saturated heterocycles. The Balaban J connectivity index is 1.54. The molecule has 0 fully saturated rings. The zero-order chi connectivity index (χ0) is 23.7. The number of nitrogens with two attached hydrogens (primary N) is 2. The van der Waals surface area contributed by atoms with Crippen molar-refractivity contribution in [2.45, 2.75) is 13.1 Å². The van der Waals surface area contributed by atoms with Crippen molar-refractivity contribution in [2.75, 3.05) is 10.6 Å². The maximum Gasteiger partial charge on any atom is 0.198 e. The highest BCUT2D eigenvalue weighted by Crippen LogP contribution is 2.37. The van der Waals surface area contributed by atoms with Crippen LogP contribution in [0.25, 0.3) is 0 Å². The Morgan fingerprint density at radius 3 is 1.32 bits per heavy atom. The van der Waals surface area contributed by atoms with E-state index in [0.29, 0.717) is 46.7 Å². The van der Waals surface area contributed by atoms with Gasteiger partial charge in [0.05, 0.1) is 22.5 Å². The maximum atomic E-state index is 13.8. The summed E-state index contributed by atoms with van der Waals surface area (Å²) in [7, 11) is 0. The van der Waals surface area contributed by atoms with Gasteiger partial charge in [0.1, 0.15) is 0 Å². The van der Waals surface area contributed by atoms with E-state index >= 15 is 0 Å². The Hall–Kier alpha value is -4.26. The normalized spacial score (nSPS) is 12.2. The van der Waals surface area contributed by atoms with E-state index in [1.807, 2.05) is 60.7 Å². The van der Waals surface area contributed by atoms with Crippen LogP contribution in [0.3, 0.4) is 0 Å². The zero-order valence-corrected chi connectivity index (χ0v) is 18.5. The standard InChI is InChI=1S/C28H24N4O2/c29-15-17-7-11-19(12-8-17)31-23-5-1-3-21-25(23)28(34)26-22(27(21)33)4-2-6-24(26)32-20-13-9-18(16-30)10-14-20/h1-14,31-32H,15-16,29-30H2. The van der Waals surface area contributed by atoms with Gasteiger partial charge in [-0.05, 0) is 47.5 Å².